The van der Waals surface area contributed by atoms with Gasteiger partial charge in [0, 0.05) is 11.1 Å². The molecule has 0 spiro atoms. The van der Waals surface area contributed by atoms with Crippen LogP contribution < -0.4 is 0 Å². The third-order valence-corrected chi connectivity index (χ3v) is 4.32. The van der Waals surface area contributed by atoms with Crippen molar-refractivity contribution in [3.05, 3.63) is 60.2 Å². The third-order valence-electron chi connectivity index (χ3n) is 4.32. The van der Waals surface area contributed by atoms with Crippen LogP contribution in [0.15, 0.2) is 49.1 Å². The van der Waals surface area contributed by atoms with E-state index in [1.54, 1.807) is 0 Å². The molecule has 0 radical (unpaired) electrons. The first kappa shape index (κ1) is 28.1. The van der Waals surface area contributed by atoms with Crippen LogP contribution in [0.2, 0.25) is 0 Å². The minimum absolute atomic E-state index is 0.0328. The Labute approximate surface area is 172 Å². The standard InChI is InChI=1S/C22H32O.C2H6.CH2O2/c1-4-6-7-8-9-10-11-12-13-14-20-15-17-21(18-16-20)22(23)19(3)5-2;1-2;2-1-3/h5,15-18H,2-4,6-14H2,1H3;1-2H3;1H,(H,2,3). The molecule has 1 aromatic carbocycles. The van der Waals surface area contributed by atoms with Crippen molar-refractivity contribution < 1.29 is 14.7 Å². The number of carbonyl (C=O) groups is 2. The van der Waals surface area contributed by atoms with Crippen molar-refractivity contribution in [2.75, 3.05) is 0 Å². The van der Waals surface area contributed by atoms with Gasteiger partial charge in [-0.25, -0.2) is 0 Å². The van der Waals surface area contributed by atoms with Crippen molar-refractivity contribution in [3.8, 4) is 0 Å². The molecule has 0 fully saturated rings. The van der Waals surface area contributed by atoms with Crippen LogP contribution in [0.25, 0.3) is 0 Å². The van der Waals surface area contributed by atoms with Crippen molar-refractivity contribution in [1.29, 1.82) is 0 Å². The average Bonchev–Trinajstić information content (AvgIpc) is 2.74. The van der Waals surface area contributed by atoms with E-state index in [9.17, 15) is 4.79 Å². The molecule has 3 nitrogen and oxygen atoms in total. The molecule has 1 aromatic rings. The zero-order chi connectivity index (χ0) is 21.6. The Balaban J connectivity index is 0. The summed E-state index contributed by atoms with van der Waals surface area (Å²) in [5.74, 6) is -0.0328. The highest BCUT2D eigenvalue weighted by Crippen LogP contribution is 2.14. The predicted octanol–water partition coefficient (Wildman–Crippen LogP) is 7.41. The fraction of sp³-hybridized carbons (Fsp3) is 0.520. The molecule has 0 saturated carbocycles. The number of carbonyl (C=O) groups excluding carboxylic acids is 1. The number of hydrogen-bond donors (Lipinski definition) is 1. The minimum atomic E-state index is -0.250. The van der Waals surface area contributed by atoms with E-state index >= 15 is 0 Å². The molecule has 0 aliphatic heterocycles. The van der Waals surface area contributed by atoms with Crippen molar-refractivity contribution in [2.24, 2.45) is 0 Å². The zero-order valence-electron chi connectivity index (χ0n) is 18.2. The Morgan fingerprint density at radius 3 is 1.79 bits per heavy atom. The quantitative estimate of drug-likeness (QED) is 0.126. The zero-order valence-corrected chi connectivity index (χ0v) is 18.2. The Bertz CT molecular complexity index is 529. The van der Waals surface area contributed by atoms with E-state index in [1.807, 2.05) is 26.0 Å². The molecule has 0 saturated heterocycles. The van der Waals surface area contributed by atoms with E-state index in [0.717, 1.165) is 6.42 Å². The summed E-state index contributed by atoms with van der Waals surface area (Å²) in [6.07, 6.45) is 14.8. The fourth-order valence-corrected chi connectivity index (χ4v) is 2.74. The molecule has 0 amide bonds. The maximum Gasteiger partial charge on any atom is 0.290 e. The number of rotatable bonds is 13. The molecule has 0 atom stereocenters. The molecule has 1 N–H and O–H groups in total. The molecule has 158 valence electrons. The van der Waals surface area contributed by atoms with Gasteiger partial charge in [-0.15, -0.1) is 0 Å². The Kier molecular flexibility index (Phi) is 21.2. The summed E-state index contributed by atoms with van der Waals surface area (Å²) in [5.41, 5.74) is 2.47. The number of unbranched alkanes of at least 4 members (excludes halogenated alkanes) is 8. The molecule has 0 aliphatic rings. The van der Waals surface area contributed by atoms with E-state index < -0.39 is 0 Å². The van der Waals surface area contributed by atoms with E-state index in [-0.39, 0.29) is 12.3 Å². The molecule has 3 heteroatoms. The van der Waals surface area contributed by atoms with Crippen LogP contribution in [0.5, 0.6) is 0 Å². The summed E-state index contributed by atoms with van der Waals surface area (Å²) in [7, 11) is 0. The number of hydrogen-bond acceptors (Lipinski definition) is 2. The SMILES string of the molecule is C=CC(=C)C(=O)c1ccc(CCCCCCCCCCC)cc1.CC.O=CO. The van der Waals surface area contributed by atoms with Gasteiger partial charge in [0.2, 0.25) is 0 Å². The summed E-state index contributed by atoms with van der Waals surface area (Å²) in [5, 5.41) is 6.89. The van der Waals surface area contributed by atoms with Crippen LogP contribution >= 0.6 is 0 Å². The number of carboxylic acid groups (broad SMARTS) is 1. The number of benzene rings is 1. The van der Waals surface area contributed by atoms with Gasteiger partial charge >= 0.3 is 0 Å². The van der Waals surface area contributed by atoms with Gasteiger partial charge in [0.25, 0.3) is 6.47 Å². The first-order valence-electron chi connectivity index (χ1n) is 10.6. The second-order valence-corrected chi connectivity index (χ2v) is 6.44. The minimum Gasteiger partial charge on any atom is -0.483 e. The van der Waals surface area contributed by atoms with Crippen LogP contribution in [0, 0.1) is 0 Å². The third kappa shape index (κ3) is 15.0. The van der Waals surface area contributed by atoms with Crippen molar-refractivity contribution in [3.63, 3.8) is 0 Å². The predicted molar refractivity (Wildman–Crippen MR) is 121 cm³/mol. The molecule has 28 heavy (non-hydrogen) atoms. The largest absolute Gasteiger partial charge is 0.483 e. The highest BCUT2D eigenvalue weighted by atomic mass is 16.3. The lowest BCUT2D eigenvalue weighted by atomic mass is 10.00. The van der Waals surface area contributed by atoms with Gasteiger partial charge in [0.05, 0.1) is 0 Å². The Hall–Kier alpha value is -2.16. The molecule has 0 bridgehead atoms. The highest BCUT2D eigenvalue weighted by molar-refractivity contribution is 6.10. The highest BCUT2D eigenvalue weighted by Gasteiger charge is 2.06. The van der Waals surface area contributed by atoms with Crippen LogP contribution in [0.1, 0.15) is 94.5 Å². The summed E-state index contributed by atoms with van der Waals surface area (Å²) in [6.45, 7) is 13.3. The first-order valence-corrected chi connectivity index (χ1v) is 10.6. The second kappa shape index (κ2) is 21.1. The van der Waals surface area contributed by atoms with Crippen molar-refractivity contribution in [2.45, 2.75) is 85.0 Å². The fourth-order valence-electron chi connectivity index (χ4n) is 2.74. The lowest BCUT2D eigenvalue weighted by Crippen LogP contribution is -2.00. The summed E-state index contributed by atoms with van der Waals surface area (Å²) in [6, 6.07) is 7.93. The van der Waals surface area contributed by atoms with Gasteiger partial charge in [0.1, 0.15) is 0 Å². The lowest BCUT2D eigenvalue weighted by Gasteiger charge is -2.05. The maximum atomic E-state index is 11.9. The topological polar surface area (TPSA) is 54.4 Å². The van der Waals surface area contributed by atoms with Gasteiger partial charge in [-0.3, -0.25) is 9.59 Å². The monoisotopic (exact) mass is 388 g/mol. The van der Waals surface area contributed by atoms with Crippen LogP contribution in [0.3, 0.4) is 0 Å². The van der Waals surface area contributed by atoms with Gasteiger partial charge in [-0.05, 0) is 18.4 Å². The van der Waals surface area contributed by atoms with Gasteiger partial charge < -0.3 is 5.11 Å². The average molecular weight is 389 g/mol. The number of aryl methyl sites for hydroxylation is 1. The molecule has 0 heterocycles. The number of Topliss-reactive ketones (excluding diaryl/α,β-unsaturated/α-hetero) is 1. The van der Waals surface area contributed by atoms with Gasteiger partial charge in [-0.1, -0.05) is 116 Å². The molecular formula is C25H40O3. The Morgan fingerprint density at radius 1 is 0.929 bits per heavy atom. The molecule has 0 unspecified atom stereocenters. The number of ketones is 1. The van der Waals surface area contributed by atoms with Gasteiger partial charge in [-0.2, -0.15) is 0 Å². The normalized spacial score (nSPS) is 9.25. The summed E-state index contributed by atoms with van der Waals surface area (Å²) < 4.78 is 0. The maximum absolute atomic E-state index is 11.9. The van der Waals surface area contributed by atoms with Crippen LogP contribution in [0.4, 0.5) is 0 Å². The lowest BCUT2D eigenvalue weighted by molar-refractivity contribution is -0.122. The van der Waals surface area contributed by atoms with E-state index in [0.29, 0.717) is 11.1 Å². The van der Waals surface area contributed by atoms with Crippen LogP contribution in [-0.4, -0.2) is 17.4 Å². The molecule has 0 aromatic heterocycles. The van der Waals surface area contributed by atoms with Crippen LogP contribution in [-0.2, 0) is 11.2 Å². The summed E-state index contributed by atoms with van der Waals surface area (Å²) >= 11 is 0. The second-order valence-electron chi connectivity index (χ2n) is 6.44. The van der Waals surface area contributed by atoms with Crippen molar-refractivity contribution in [1.82, 2.24) is 0 Å². The van der Waals surface area contributed by atoms with E-state index in [4.69, 9.17) is 9.90 Å². The van der Waals surface area contributed by atoms with Gasteiger partial charge in [0.15, 0.2) is 5.78 Å². The van der Waals surface area contributed by atoms with E-state index in [1.165, 1.54) is 69.4 Å². The molecular weight excluding hydrogens is 348 g/mol. The van der Waals surface area contributed by atoms with Crippen molar-refractivity contribution >= 4 is 12.3 Å². The van der Waals surface area contributed by atoms with E-state index in [2.05, 4.69) is 32.2 Å². The smallest absolute Gasteiger partial charge is 0.290 e. The first-order chi connectivity index (χ1) is 13.6. The number of allylic oxidation sites excluding steroid dienone is 2. The molecule has 1 rings (SSSR count). The summed E-state index contributed by atoms with van der Waals surface area (Å²) in [4.78, 5) is 20.3. The molecule has 0 aliphatic carbocycles. The Morgan fingerprint density at radius 2 is 1.36 bits per heavy atom.